The van der Waals surface area contributed by atoms with Crippen LogP contribution in [0.5, 0.6) is 17.2 Å². The van der Waals surface area contributed by atoms with Crippen molar-refractivity contribution in [2.45, 2.75) is 25.8 Å². The van der Waals surface area contributed by atoms with Gasteiger partial charge < -0.3 is 19.4 Å². The number of methoxy groups -OCH3 is 1. The maximum absolute atomic E-state index is 9.69. The zero-order chi connectivity index (χ0) is 19.0. The summed E-state index contributed by atoms with van der Waals surface area (Å²) in [6.07, 6.45) is 1.48. The number of rotatable bonds is 4. The number of likely N-dealkylation sites (N-methyl/N-ethyl adjacent to an activating group) is 1. The Morgan fingerprint density at radius 2 is 2.07 bits per heavy atom. The summed E-state index contributed by atoms with van der Waals surface area (Å²) in [5.74, 6) is 2.12. The van der Waals surface area contributed by atoms with E-state index in [1.165, 1.54) is 11.1 Å². The van der Waals surface area contributed by atoms with Crippen LogP contribution in [0, 0.1) is 6.92 Å². The van der Waals surface area contributed by atoms with E-state index in [4.69, 9.17) is 14.2 Å². The molecule has 6 heteroatoms. The van der Waals surface area contributed by atoms with E-state index in [0.717, 1.165) is 35.6 Å². The van der Waals surface area contributed by atoms with E-state index in [1.54, 1.807) is 7.11 Å². The molecule has 0 spiro atoms. The molecular weight excluding hydrogens is 344 g/mol. The molecular formula is C21H24N2O4. The zero-order valence-electron chi connectivity index (χ0n) is 15.9. The zero-order valence-corrected chi connectivity index (χ0v) is 15.9. The summed E-state index contributed by atoms with van der Waals surface area (Å²) in [4.78, 5) is 2.27. The molecule has 1 atom stereocenters. The Bertz CT molecular complexity index is 877. The largest absolute Gasteiger partial charge is 0.492 e. The van der Waals surface area contributed by atoms with Crippen molar-refractivity contribution in [1.29, 1.82) is 0 Å². The van der Waals surface area contributed by atoms with E-state index in [2.05, 4.69) is 23.2 Å². The molecule has 1 unspecified atom stereocenters. The summed E-state index contributed by atoms with van der Waals surface area (Å²) in [5, 5.41) is 13.3. The highest BCUT2D eigenvalue weighted by molar-refractivity contribution is 6.00. The van der Waals surface area contributed by atoms with Gasteiger partial charge in [0.15, 0.2) is 11.5 Å². The number of benzene rings is 2. The monoisotopic (exact) mass is 368 g/mol. The van der Waals surface area contributed by atoms with E-state index in [9.17, 15) is 5.21 Å². The van der Waals surface area contributed by atoms with Gasteiger partial charge in [0.05, 0.1) is 12.8 Å². The number of ether oxygens (including phenoxy) is 3. The van der Waals surface area contributed by atoms with Gasteiger partial charge >= 0.3 is 0 Å². The van der Waals surface area contributed by atoms with Crippen molar-refractivity contribution in [3.8, 4) is 17.2 Å². The summed E-state index contributed by atoms with van der Waals surface area (Å²) in [6, 6.07) is 10.1. The Hall–Kier alpha value is -2.73. The lowest BCUT2D eigenvalue weighted by Gasteiger charge is -2.36. The highest BCUT2D eigenvalue weighted by Gasteiger charge is 2.34. The van der Waals surface area contributed by atoms with Gasteiger partial charge in [0, 0.05) is 24.6 Å². The third-order valence-corrected chi connectivity index (χ3v) is 5.44. The van der Waals surface area contributed by atoms with E-state index in [0.29, 0.717) is 17.9 Å². The van der Waals surface area contributed by atoms with Gasteiger partial charge in [0.2, 0.25) is 12.5 Å². The SMILES string of the molecule is COc1c2c(cc3c1C(C/C(=N/O)c1ccc(C)cc1)N(C)CC3)OCO2. The minimum atomic E-state index is 0.0189. The molecule has 2 heterocycles. The minimum absolute atomic E-state index is 0.0189. The molecule has 0 aromatic heterocycles. The van der Waals surface area contributed by atoms with Crippen molar-refractivity contribution >= 4 is 5.71 Å². The Kier molecular flexibility index (Phi) is 4.66. The van der Waals surface area contributed by atoms with Crippen LogP contribution in [0.2, 0.25) is 0 Å². The molecule has 0 saturated carbocycles. The number of fused-ring (bicyclic) bond motifs is 2. The van der Waals surface area contributed by atoms with Gasteiger partial charge in [0.25, 0.3) is 0 Å². The topological polar surface area (TPSA) is 63.5 Å². The lowest BCUT2D eigenvalue weighted by Crippen LogP contribution is -2.34. The molecule has 0 aliphatic carbocycles. The molecule has 0 saturated heterocycles. The average molecular weight is 368 g/mol. The fourth-order valence-electron chi connectivity index (χ4n) is 3.93. The molecule has 0 fully saturated rings. The second kappa shape index (κ2) is 7.12. The minimum Gasteiger partial charge on any atom is -0.492 e. The second-order valence-corrected chi connectivity index (χ2v) is 7.08. The second-order valence-electron chi connectivity index (χ2n) is 7.08. The van der Waals surface area contributed by atoms with Crippen molar-refractivity contribution in [2.75, 3.05) is 27.5 Å². The van der Waals surface area contributed by atoms with Crippen LogP contribution < -0.4 is 14.2 Å². The summed E-state index contributed by atoms with van der Waals surface area (Å²) in [6.45, 7) is 3.16. The predicted octanol–water partition coefficient (Wildman–Crippen LogP) is 3.53. The van der Waals surface area contributed by atoms with Gasteiger partial charge in [-0.2, -0.15) is 0 Å². The average Bonchev–Trinajstić information content (AvgIpc) is 3.15. The molecule has 2 aliphatic rings. The number of oxime groups is 1. The highest BCUT2D eigenvalue weighted by atomic mass is 16.7. The standard InChI is InChI=1S/C21H24N2O4/c1-13-4-6-14(7-5-13)16(22-24)11-17-19-15(8-9-23(17)2)10-18-20(21(19)25-3)27-12-26-18/h4-7,10,17,24H,8-9,11-12H2,1-3H3/b22-16-. The fraction of sp³-hybridized carbons (Fsp3) is 0.381. The van der Waals surface area contributed by atoms with Crippen molar-refractivity contribution in [3.05, 3.63) is 52.6 Å². The lowest BCUT2D eigenvalue weighted by molar-refractivity contribution is 0.170. The first-order chi connectivity index (χ1) is 13.1. The van der Waals surface area contributed by atoms with Gasteiger partial charge in [-0.15, -0.1) is 0 Å². The van der Waals surface area contributed by atoms with Gasteiger partial charge in [-0.25, -0.2) is 0 Å². The van der Waals surface area contributed by atoms with Gasteiger partial charge in [-0.3, -0.25) is 4.90 Å². The molecule has 142 valence electrons. The van der Waals surface area contributed by atoms with Crippen LogP contribution in [0.15, 0.2) is 35.5 Å². The summed E-state index contributed by atoms with van der Waals surface area (Å²) in [5.41, 5.74) is 5.03. The number of nitrogens with zero attached hydrogens (tertiary/aromatic N) is 2. The van der Waals surface area contributed by atoms with E-state index >= 15 is 0 Å². The van der Waals surface area contributed by atoms with Crippen LogP contribution >= 0.6 is 0 Å². The number of aryl methyl sites for hydroxylation is 1. The smallest absolute Gasteiger partial charge is 0.231 e. The van der Waals surface area contributed by atoms with Crippen LogP contribution in [0.1, 0.15) is 34.7 Å². The van der Waals surface area contributed by atoms with Gasteiger partial charge in [0.1, 0.15) is 0 Å². The van der Waals surface area contributed by atoms with E-state index in [-0.39, 0.29) is 12.8 Å². The number of hydrogen-bond acceptors (Lipinski definition) is 6. The summed E-state index contributed by atoms with van der Waals surface area (Å²) < 4.78 is 17.0. The third kappa shape index (κ3) is 3.10. The first kappa shape index (κ1) is 17.7. The summed E-state index contributed by atoms with van der Waals surface area (Å²) in [7, 11) is 3.74. The fourth-order valence-corrected chi connectivity index (χ4v) is 3.93. The maximum atomic E-state index is 9.69. The quantitative estimate of drug-likeness (QED) is 0.508. The summed E-state index contributed by atoms with van der Waals surface area (Å²) >= 11 is 0. The molecule has 2 aromatic rings. The predicted molar refractivity (Wildman–Crippen MR) is 102 cm³/mol. The van der Waals surface area contributed by atoms with Gasteiger partial charge in [-0.1, -0.05) is 35.0 Å². The van der Waals surface area contributed by atoms with Crippen LogP contribution in [0.25, 0.3) is 0 Å². The maximum Gasteiger partial charge on any atom is 0.231 e. The lowest BCUT2D eigenvalue weighted by atomic mass is 9.87. The van der Waals surface area contributed by atoms with E-state index < -0.39 is 0 Å². The Morgan fingerprint density at radius 1 is 1.30 bits per heavy atom. The molecule has 27 heavy (non-hydrogen) atoms. The van der Waals surface area contributed by atoms with Crippen LogP contribution in [0.3, 0.4) is 0 Å². The Balaban J connectivity index is 1.75. The van der Waals surface area contributed by atoms with Crippen molar-refractivity contribution in [3.63, 3.8) is 0 Å². The van der Waals surface area contributed by atoms with Crippen LogP contribution in [0.4, 0.5) is 0 Å². The highest BCUT2D eigenvalue weighted by Crippen LogP contribution is 2.50. The molecule has 0 radical (unpaired) electrons. The van der Waals surface area contributed by atoms with Crippen LogP contribution in [-0.2, 0) is 6.42 Å². The Morgan fingerprint density at radius 3 is 2.78 bits per heavy atom. The first-order valence-electron chi connectivity index (χ1n) is 9.10. The van der Waals surface area contributed by atoms with Crippen LogP contribution in [-0.4, -0.2) is 43.3 Å². The molecule has 0 bridgehead atoms. The third-order valence-electron chi connectivity index (χ3n) is 5.44. The molecule has 2 aliphatic heterocycles. The first-order valence-corrected chi connectivity index (χ1v) is 9.10. The molecule has 0 amide bonds. The molecule has 6 nitrogen and oxygen atoms in total. The van der Waals surface area contributed by atoms with Crippen molar-refractivity contribution in [1.82, 2.24) is 4.90 Å². The van der Waals surface area contributed by atoms with Gasteiger partial charge in [-0.05, 0) is 37.6 Å². The van der Waals surface area contributed by atoms with E-state index in [1.807, 2.05) is 31.2 Å². The number of hydrogen-bond donors (Lipinski definition) is 1. The normalized spacial score (nSPS) is 19.1. The Labute approximate surface area is 159 Å². The molecule has 4 rings (SSSR count). The van der Waals surface area contributed by atoms with Crippen molar-refractivity contribution in [2.24, 2.45) is 5.16 Å². The molecule has 2 aromatic carbocycles. The molecule has 1 N–H and O–H groups in total. The van der Waals surface area contributed by atoms with Crippen molar-refractivity contribution < 1.29 is 19.4 Å².